The van der Waals surface area contributed by atoms with E-state index in [1.54, 1.807) is 6.07 Å². The van der Waals surface area contributed by atoms with E-state index in [9.17, 15) is 9.18 Å². The van der Waals surface area contributed by atoms with Crippen molar-refractivity contribution in [2.75, 3.05) is 0 Å². The molecule has 0 heterocycles. The molecule has 0 aromatic heterocycles. The van der Waals surface area contributed by atoms with E-state index in [1.807, 2.05) is 6.07 Å². The molecule has 0 bridgehead atoms. The van der Waals surface area contributed by atoms with Gasteiger partial charge in [-0.3, -0.25) is 4.79 Å². The summed E-state index contributed by atoms with van der Waals surface area (Å²) in [5.74, 6) is 0.0782. The molecule has 0 atom stereocenters. The number of aryl methyl sites for hydroxylation is 1. The van der Waals surface area contributed by atoms with Gasteiger partial charge >= 0.3 is 5.97 Å². The Kier molecular flexibility index (Phi) is 7.74. The molecule has 0 amide bonds. The Labute approximate surface area is 145 Å². The van der Waals surface area contributed by atoms with Crippen molar-refractivity contribution in [1.29, 1.82) is 0 Å². The van der Waals surface area contributed by atoms with E-state index in [0.29, 0.717) is 0 Å². The Balaban J connectivity index is 1.85. The van der Waals surface area contributed by atoms with Crippen LogP contribution in [0.5, 0.6) is 5.75 Å². The predicted molar refractivity (Wildman–Crippen MR) is 95.6 cm³/mol. The van der Waals surface area contributed by atoms with Gasteiger partial charge in [0.25, 0.3) is 0 Å². The Morgan fingerprint density at radius 3 is 2.50 bits per heavy atom. The summed E-state index contributed by atoms with van der Waals surface area (Å²) in [5.41, 5.74) is 0.973. The highest BCUT2D eigenvalue weighted by Gasteiger charge is 2.27. The van der Waals surface area contributed by atoms with Crippen LogP contribution < -0.4 is 4.74 Å². The van der Waals surface area contributed by atoms with Gasteiger partial charge in [0.15, 0.2) is 11.6 Å². The van der Waals surface area contributed by atoms with E-state index in [-0.39, 0.29) is 17.6 Å². The monoisotopic (exact) mass is 334 g/mol. The molecule has 2 nitrogen and oxygen atoms in total. The molecule has 1 fully saturated rings. The number of carbonyl (C=O) groups is 1. The van der Waals surface area contributed by atoms with Crippen LogP contribution in [0.15, 0.2) is 18.2 Å². The molecule has 134 valence electrons. The number of hydrogen-bond donors (Lipinski definition) is 0. The van der Waals surface area contributed by atoms with Crippen LogP contribution in [0.3, 0.4) is 0 Å². The number of carbonyl (C=O) groups excluding carboxylic acids is 1. The van der Waals surface area contributed by atoms with Crippen molar-refractivity contribution in [2.45, 2.75) is 78.1 Å². The summed E-state index contributed by atoms with van der Waals surface area (Å²) in [6, 6.07) is 4.99. The molecule has 0 spiro atoms. The first-order chi connectivity index (χ1) is 11.6. The number of ether oxygens (including phenoxy) is 1. The lowest BCUT2D eigenvalue weighted by Gasteiger charge is -2.26. The fraction of sp³-hybridized carbons (Fsp3) is 0.667. The van der Waals surface area contributed by atoms with E-state index in [2.05, 4.69) is 13.8 Å². The van der Waals surface area contributed by atoms with Crippen molar-refractivity contribution in [3.8, 4) is 5.75 Å². The lowest BCUT2D eigenvalue weighted by molar-refractivity contribution is -0.140. The second kappa shape index (κ2) is 9.80. The molecule has 24 heavy (non-hydrogen) atoms. The molecular weight excluding hydrogens is 303 g/mol. The summed E-state index contributed by atoms with van der Waals surface area (Å²) in [5, 5.41) is 0. The Morgan fingerprint density at radius 2 is 1.88 bits per heavy atom. The average Bonchev–Trinajstić information content (AvgIpc) is 2.58. The summed E-state index contributed by atoms with van der Waals surface area (Å²) >= 11 is 0. The van der Waals surface area contributed by atoms with Crippen LogP contribution in [0, 0.1) is 17.7 Å². The van der Waals surface area contributed by atoms with E-state index >= 15 is 0 Å². The molecule has 0 N–H and O–H groups in total. The van der Waals surface area contributed by atoms with Gasteiger partial charge in [0, 0.05) is 0 Å². The average molecular weight is 334 g/mol. The summed E-state index contributed by atoms with van der Waals surface area (Å²) in [7, 11) is 0. The second-order valence-corrected chi connectivity index (χ2v) is 7.15. The molecule has 2 rings (SSSR count). The van der Waals surface area contributed by atoms with E-state index < -0.39 is 5.82 Å². The largest absolute Gasteiger partial charge is 0.423 e. The van der Waals surface area contributed by atoms with Gasteiger partial charge in [-0.2, -0.15) is 0 Å². The second-order valence-electron chi connectivity index (χ2n) is 7.15. The molecular formula is C21H31FO2. The summed E-state index contributed by atoms with van der Waals surface area (Å²) in [6.07, 6.45) is 10.6. The molecule has 1 aliphatic rings. The normalized spacial score (nSPS) is 20.8. The third kappa shape index (κ3) is 5.61. The van der Waals surface area contributed by atoms with E-state index in [0.717, 1.165) is 62.8 Å². The predicted octanol–water partition coefficient (Wildman–Crippen LogP) is 6.07. The molecule has 3 heteroatoms. The van der Waals surface area contributed by atoms with E-state index in [4.69, 9.17) is 4.74 Å². The third-order valence-corrected chi connectivity index (χ3v) is 5.15. The molecule has 1 aromatic rings. The maximum absolute atomic E-state index is 14.2. The fourth-order valence-corrected chi connectivity index (χ4v) is 3.65. The first kappa shape index (κ1) is 19.0. The first-order valence-electron chi connectivity index (χ1n) is 9.64. The zero-order valence-corrected chi connectivity index (χ0v) is 15.2. The number of hydrogen-bond acceptors (Lipinski definition) is 2. The first-order valence-corrected chi connectivity index (χ1v) is 9.64. The number of benzene rings is 1. The van der Waals surface area contributed by atoms with Crippen molar-refractivity contribution in [3.05, 3.63) is 29.6 Å². The van der Waals surface area contributed by atoms with E-state index in [1.165, 1.54) is 18.9 Å². The summed E-state index contributed by atoms with van der Waals surface area (Å²) < 4.78 is 19.5. The lowest BCUT2D eigenvalue weighted by atomic mass is 9.80. The van der Waals surface area contributed by atoms with Crippen LogP contribution in [0.2, 0.25) is 0 Å². The van der Waals surface area contributed by atoms with Gasteiger partial charge in [-0.1, -0.05) is 45.6 Å². The SMILES string of the molecule is CCCCCc1ccc(OC(=O)C2CCC(CCC)CC2)c(F)c1. The van der Waals surface area contributed by atoms with Crippen LogP contribution in [-0.2, 0) is 11.2 Å². The molecule has 1 aliphatic carbocycles. The highest BCUT2D eigenvalue weighted by Crippen LogP contribution is 2.32. The minimum Gasteiger partial charge on any atom is -0.423 e. The number of rotatable bonds is 8. The number of unbranched alkanes of at least 4 members (excludes halogenated alkanes) is 2. The maximum atomic E-state index is 14.2. The quantitative estimate of drug-likeness (QED) is 0.327. The van der Waals surface area contributed by atoms with Crippen molar-refractivity contribution in [1.82, 2.24) is 0 Å². The minimum atomic E-state index is -0.419. The van der Waals surface area contributed by atoms with Gasteiger partial charge < -0.3 is 4.74 Å². The molecule has 0 aliphatic heterocycles. The topological polar surface area (TPSA) is 26.3 Å². The van der Waals surface area contributed by atoms with Crippen molar-refractivity contribution < 1.29 is 13.9 Å². The zero-order valence-electron chi connectivity index (χ0n) is 15.2. The van der Waals surface area contributed by atoms with Crippen molar-refractivity contribution in [3.63, 3.8) is 0 Å². The van der Waals surface area contributed by atoms with Gasteiger partial charge in [0.2, 0.25) is 0 Å². The lowest BCUT2D eigenvalue weighted by Crippen LogP contribution is -2.26. The molecule has 0 radical (unpaired) electrons. The summed E-state index contributed by atoms with van der Waals surface area (Å²) in [6.45, 7) is 4.36. The van der Waals surface area contributed by atoms with Gasteiger partial charge in [0.05, 0.1) is 5.92 Å². The van der Waals surface area contributed by atoms with Crippen LogP contribution in [0.4, 0.5) is 4.39 Å². The standard InChI is InChI=1S/C21H31FO2/c1-3-5-6-8-17-11-14-20(19(22)15-17)24-21(23)18-12-9-16(7-4-2)10-13-18/h11,14-16,18H,3-10,12-13H2,1-2H3. The van der Waals surface area contributed by atoms with Crippen LogP contribution >= 0.6 is 0 Å². The van der Waals surface area contributed by atoms with Crippen LogP contribution in [-0.4, -0.2) is 5.97 Å². The van der Waals surface area contributed by atoms with Crippen molar-refractivity contribution in [2.24, 2.45) is 11.8 Å². The van der Waals surface area contributed by atoms with Gasteiger partial charge in [0.1, 0.15) is 0 Å². The Hall–Kier alpha value is -1.38. The third-order valence-electron chi connectivity index (χ3n) is 5.15. The van der Waals surface area contributed by atoms with Crippen LogP contribution in [0.1, 0.15) is 77.2 Å². The highest BCUT2D eigenvalue weighted by molar-refractivity contribution is 5.75. The molecule has 1 aromatic carbocycles. The highest BCUT2D eigenvalue weighted by atomic mass is 19.1. The van der Waals surface area contributed by atoms with Crippen molar-refractivity contribution >= 4 is 5.97 Å². The van der Waals surface area contributed by atoms with Gasteiger partial charge in [-0.15, -0.1) is 0 Å². The maximum Gasteiger partial charge on any atom is 0.314 e. The molecule has 1 saturated carbocycles. The molecule has 0 saturated heterocycles. The number of esters is 1. The minimum absolute atomic E-state index is 0.0678. The Bertz CT molecular complexity index is 519. The number of halogens is 1. The van der Waals surface area contributed by atoms with Crippen LogP contribution in [0.25, 0.3) is 0 Å². The summed E-state index contributed by atoms with van der Waals surface area (Å²) in [4.78, 5) is 12.3. The molecule has 0 unspecified atom stereocenters. The zero-order chi connectivity index (χ0) is 17.4. The fourth-order valence-electron chi connectivity index (χ4n) is 3.65. The Morgan fingerprint density at radius 1 is 1.12 bits per heavy atom. The van der Waals surface area contributed by atoms with Gasteiger partial charge in [-0.05, 0) is 62.1 Å². The van der Waals surface area contributed by atoms with Gasteiger partial charge in [-0.25, -0.2) is 4.39 Å². The smallest absolute Gasteiger partial charge is 0.314 e.